The van der Waals surface area contributed by atoms with Gasteiger partial charge in [-0.05, 0) is 31.2 Å². The molecule has 1 fully saturated rings. The lowest BCUT2D eigenvalue weighted by Gasteiger charge is -2.30. The third-order valence-electron chi connectivity index (χ3n) is 5.58. The van der Waals surface area contributed by atoms with E-state index in [9.17, 15) is 14.7 Å². The van der Waals surface area contributed by atoms with Gasteiger partial charge in [0.25, 0.3) is 0 Å². The summed E-state index contributed by atoms with van der Waals surface area (Å²) in [7, 11) is 1.56. The minimum absolute atomic E-state index is 0.138. The number of carbonyl (C=O) groups excluding carboxylic acids is 1. The van der Waals surface area contributed by atoms with Crippen LogP contribution in [0.1, 0.15) is 49.1 Å². The second-order valence-electron chi connectivity index (χ2n) is 7.63. The molecule has 1 amide bonds. The van der Waals surface area contributed by atoms with Crippen LogP contribution in [0.15, 0.2) is 30.3 Å². The highest BCUT2D eigenvalue weighted by Crippen LogP contribution is 2.45. The summed E-state index contributed by atoms with van der Waals surface area (Å²) >= 11 is 1.36. The fraction of sp³-hybridized carbons (Fsp3) is 0.524. The van der Waals surface area contributed by atoms with Gasteiger partial charge >= 0.3 is 5.97 Å². The van der Waals surface area contributed by atoms with Crippen LogP contribution in [0.25, 0.3) is 0 Å². The fourth-order valence-electron chi connectivity index (χ4n) is 4.00. The van der Waals surface area contributed by atoms with Crippen molar-refractivity contribution >= 4 is 28.3 Å². The van der Waals surface area contributed by atoms with Crippen LogP contribution in [0.5, 0.6) is 0 Å². The second-order valence-corrected chi connectivity index (χ2v) is 8.69. The molecule has 0 saturated heterocycles. The predicted molar refractivity (Wildman–Crippen MR) is 111 cm³/mol. The average Bonchev–Trinajstić information content (AvgIpc) is 3.36. The summed E-state index contributed by atoms with van der Waals surface area (Å²) in [6.45, 7) is 0.369. The quantitative estimate of drug-likeness (QED) is 0.610. The molecule has 8 heteroatoms. The van der Waals surface area contributed by atoms with E-state index in [1.807, 2.05) is 30.3 Å². The van der Waals surface area contributed by atoms with Crippen molar-refractivity contribution in [3.05, 3.63) is 40.9 Å². The summed E-state index contributed by atoms with van der Waals surface area (Å²) in [5.41, 5.74) is 0.471. The van der Waals surface area contributed by atoms with Crippen molar-refractivity contribution in [1.82, 2.24) is 10.2 Å². The first-order valence-corrected chi connectivity index (χ1v) is 10.7. The molecule has 1 aromatic heterocycles. The summed E-state index contributed by atoms with van der Waals surface area (Å²) in [5, 5.41) is 22.1. The number of aromatic nitrogens is 2. The molecule has 29 heavy (non-hydrogen) atoms. The highest BCUT2D eigenvalue weighted by Gasteiger charge is 2.44. The van der Waals surface area contributed by atoms with E-state index in [-0.39, 0.29) is 5.91 Å². The number of carboxylic acids is 1. The number of nitrogens with one attached hydrogen (secondary N) is 1. The number of anilines is 1. The van der Waals surface area contributed by atoms with Crippen molar-refractivity contribution in [3.8, 4) is 0 Å². The molecule has 1 heterocycles. The highest BCUT2D eigenvalue weighted by molar-refractivity contribution is 7.15. The topological polar surface area (TPSA) is 101 Å². The van der Waals surface area contributed by atoms with Gasteiger partial charge in [-0.15, -0.1) is 10.2 Å². The smallest absolute Gasteiger partial charge is 0.306 e. The van der Waals surface area contributed by atoms with Crippen LogP contribution in [-0.4, -0.2) is 40.9 Å². The molecule has 0 bridgehead atoms. The van der Waals surface area contributed by atoms with Gasteiger partial charge in [-0.1, -0.05) is 54.5 Å². The van der Waals surface area contributed by atoms with Crippen molar-refractivity contribution in [2.75, 3.05) is 19.0 Å². The third-order valence-corrected chi connectivity index (χ3v) is 6.42. The standard InChI is InChI=1S/C21H27N3O4S/c1-28-12-9-16(18(25)26)14-21(10-5-6-11-21)19(27)22-20-24-23-17(29-20)13-15-7-3-2-4-8-15/h2-4,7-8,16H,5-6,9-14H2,1H3,(H,25,26)(H,22,24,27). The Labute approximate surface area is 174 Å². The molecule has 1 atom stereocenters. The fourth-order valence-corrected chi connectivity index (χ4v) is 4.77. The summed E-state index contributed by atoms with van der Waals surface area (Å²) in [6.07, 6.45) is 4.65. The molecular weight excluding hydrogens is 390 g/mol. The van der Waals surface area contributed by atoms with Gasteiger partial charge in [0.05, 0.1) is 11.3 Å². The zero-order chi connectivity index (χ0) is 20.7. The Balaban J connectivity index is 1.67. The SMILES string of the molecule is COCCC(CC1(C(=O)Nc2nnc(Cc3ccccc3)s2)CCCC1)C(=O)O. The van der Waals surface area contributed by atoms with Gasteiger partial charge in [-0.25, -0.2) is 0 Å². The summed E-state index contributed by atoms with van der Waals surface area (Å²) in [5.74, 6) is -1.61. The van der Waals surface area contributed by atoms with Crippen LogP contribution in [0, 0.1) is 11.3 Å². The number of nitrogens with zero attached hydrogens (tertiary/aromatic N) is 2. The molecule has 1 aliphatic carbocycles. The van der Waals surface area contributed by atoms with E-state index >= 15 is 0 Å². The maximum atomic E-state index is 13.1. The van der Waals surface area contributed by atoms with E-state index in [1.54, 1.807) is 7.11 Å². The molecule has 1 aliphatic rings. The lowest BCUT2D eigenvalue weighted by Crippen LogP contribution is -2.37. The molecule has 7 nitrogen and oxygen atoms in total. The first kappa shape index (κ1) is 21.4. The zero-order valence-corrected chi connectivity index (χ0v) is 17.4. The minimum atomic E-state index is -0.873. The van der Waals surface area contributed by atoms with Crippen molar-refractivity contribution in [1.29, 1.82) is 0 Å². The zero-order valence-electron chi connectivity index (χ0n) is 16.6. The molecule has 3 rings (SSSR count). The Hall–Kier alpha value is -2.32. The molecule has 1 aromatic carbocycles. The number of benzene rings is 1. The predicted octanol–water partition coefficient (Wildman–Crippen LogP) is 3.76. The van der Waals surface area contributed by atoms with Gasteiger partial charge in [-0.2, -0.15) is 0 Å². The van der Waals surface area contributed by atoms with Gasteiger partial charge in [0, 0.05) is 20.1 Å². The molecule has 0 spiro atoms. The number of methoxy groups -OCH3 is 1. The van der Waals surface area contributed by atoms with Crippen LogP contribution >= 0.6 is 11.3 Å². The number of rotatable bonds is 10. The molecule has 1 unspecified atom stereocenters. The largest absolute Gasteiger partial charge is 0.481 e. The van der Waals surface area contributed by atoms with Crippen LogP contribution in [0.4, 0.5) is 5.13 Å². The van der Waals surface area contributed by atoms with Gasteiger partial charge in [0.2, 0.25) is 11.0 Å². The van der Waals surface area contributed by atoms with Gasteiger partial charge in [-0.3, -0.25) is 9.59 Å². The van der Waals surface area contributed by atoms with Crippen molar-refractivity contribution in [2.45, 2.75) is 44.9 Å². The Bertz CT molecular complexity index is 818. The number of carboxylic acid groups (broad SMARTS) is 1. The van der Waals surface area contributed by atoms with Gasteiger partial charge < -0.3 is 15.2 Å². The number of amides is 1. The van der Waals surface area contributed by atoms with E-state index in [0.717, 1.165) is 23.4 Å². The van der Waals surface area contributed by atoms with Crippen LogP contribution in [-0.2, 0) is 20.7 Å². The van der Waals surface area contributed by atoms with Crippen molar-refractivity contribution in [2.24, 2.45) is 11.3 Å². The third kappa shape index (κ3) is 5.61. The van der Waals surface area contributed by atoms with E-state index in [0.29, 0.717) is 43.8 Å². The van der Waals surface area contributed by atoms with E-state index < -0.39 is 17.3 Å². The second kappa shape index (κ2) is 9.93. The lowest BCUT2D eigenvalue weighted by atomic mass is 9.76. The molecular formula is C21H27N3O4S. The number of carbonyl (C=O) groups is 2. The summed E-state index contributed by atoms with van der Waals surface area (Å²) < 4.78 is 5.05. The Morgan fingerprint density at radius 1 is 1.24 bits per heavy atom. The average molecular weight is 418 g/mol. The maximum absolute atomic E-state index is 13.1. The number of ether oxygens (including phenoxy) is 1. The van der Waals surface area contributed by atoms with Crippen molar-refractivity contribution < 1.29 is 19.4 Å². The van der Waals surface area contributed by atoms with E-state index in [2.05, 4.69) is 15.5 Å². The van der Waals surface area contributed by atoms with E-state index in [1.165, 1.54) is 11.3 Å². The Kier molecular flexibility index (Phi) is 7.33. The molecule has 0 aliphatic heterocycles. The highest BCUT2D eigenvalue weighted by atomic mass is 32.1. The maximum Gasteiger partial charge on any atom is 0.306 e. The van der Waals surface area contributed by atoms with Crippen LogP contribution in [0.3, 0.4) is 0 Å². The molecule has 2 aromatic rings. The number of hydrogen-bond donors (Lipinski definition) is 2. The van der Waals surface area contributed by atoms with Crippen LogP contribution in [0.2, 0.25) is 0 Å². The van der Waals surface area contributed by atoms with E-state index in [4.69, 9.17) is 4.74 Å². The normalized spacial score (nSPS) is 16.4. The summed E-state index contributed by atoms with van der Waals surface area (Å²) in [4.78, 5) is 24.8. The first-order valence-electron chi connectivity index (χ1n) is 9.92. The molecule has 156 valence electrons. The lowest BCUT2D eigenvalue weighted by molar-refractivity contribution is -0.144. The molecule has 1 saturated carbocycles. The van der Waals surface area contributed by atoms with Gasteiger partial charge in [0.1, 0.15) is 5.01 Å². The Morgan fingerprint density at radius 3 is 2.62 bits per heavy atom. The monoisotopic (exact) mass is 417 g/mol. The summed E-state index contributed by atoms with van der Waals surface area (Å²) in [6, 6.07) is 9.97. The molecule has 0 radical (unpaired) electrons. The Morgan fingerprint density at radius 2 is 1.97 bits per heavy atom. The molecule has 2 N–H and O–H groups in total. The van der Waals surface area contributed by atoms with Crippen LogP contribution < -0.4 is 5.32 Å². The number of hydrogen-bond acceptors (Lipinski definition) is 6. The van der Waals surface area contributed by atoms with Crippen molar-refractivity contribution in [3.63, 3.8) is 0 Å². The number of aliphatic carboxylic acids is 1. The van der Waals surface area contributed by atoms with Gasteiger partial charge in [0.15, 0.2) is 0 Å². The minimum Gasteiger partial charge on any atom is -0.481 e. The first-order chi connectivity index (χ1) is 14.0.